The van der Waals surface area contributed by atoms with Gasteiger partial charge in [0, 0.05) is 11.6 Å². The van der Waals surface area contributed by atoms with Crippen molar-refractivity contribution in [2.45, 2.75) is 38.0 Å². The van der Waals surface area contributed by atoms with Crippen LogP contribution in [0.4, 0.5) is 0 Å². The third-order valence-electron chi connectivity index (χ3n) is 4.13. The van der Waals surface area contributed by atoms with Crippen LogP contribution in [-0.2, 0) is 14.3 Å². The fourth-order valence-electron chi connectivity index (χ4n) is 2.48. The molecule has 2 atom stereocenters. The maximum absolute atomic E-state index is 12.5. The van der Waals surface area contributed by atoms with E-state index < -0.39 is 18.2 Å². The molecular formula is C21H20N2O4. The van der Waals surface area contributed by atoms with E-state index >= 15 is 0 Å². The van der Waals surface area contributed by atoms with Crippen LogP contribution < -0.4 is 10.1 Å². The Morgan fingerprint density at radius 1 is 1.11 bits per heavy atom. The van der Waals surface area contributed by atoms with Gasteiger partial charge in [0.05, 0.1) is 11.6 Å². The molecule has 0 saturated heterocycles. The Kier molecular flexibility index (Phi) is 5.72. The van der Waals surface area contributed by atoms with Crippen molar-refractivity contribution in [3.8, 4) is 11.8 Å². The molecule has 138 valence electrons. The van der Waals surface area contributed by atoms with E-state index in [9.17, 15) is 9.59 Å². The molecule has 6 nitrogen and oxygen atoms in total. The zero-order valence-corrected chi connectivity index (χ0v) is 14.9. The van der Waals surface area contributed by atoms with Crippen LogP contribution in [0.2, 0.25) is 0 Å². The number of amides is 1. The van der Waals surface area contributed by atoms with Crippen LogP contribution in [0.3, 0.4) is 0 Å². The number of nitrogens with zero attached hydrogens (tertiary/aromatic N) is 1. The Morgan fingerprint density at radius 2 is 1.78 bits per heavy atom. The predicted molar refractivity (Wildman–Crippen MR) is 97.7 cm³/mol. The van der Waals surface area contributed by atoms with Gasteiger partial charge in [-0.25, -0.2) is 4.79 Å². The van der Waals surface area contributed by atoms with Crippen molar-refractivity contribution in [2.24, 2.45) is 0 Å². The van der Waals surface area contributed by atoms with E-state index in [4.69, 9.17) is 14.7 Å². The molecule has 0 unspecified atom stereocenters. The van der Waals surface area contributed by atoms with Gasteiger partial charge in [0.2, 0.25) is 6.10 Å². The van der Waals surface area contributed by atoms with Gasteiger partial charge in [0.25, 0.3) is 5.91 Å². The highest BCUT2D eigenvalue weighted by Crippen LogP contribution is 2.24. The van der Waals surface area contributed by atoms with Crippen molar-refractivity contribution >= 4 is 11.9 Å². The molecule has 1 aliphatic carbocycles. The van der Waals surface area contributed by atoms with E-state index in [1.807, 2.05) is 12.1 Å². The van der Waals surface area contributed by atoms with Gasteiger partial charge in [0.1, 0.15) is 5.75 Å². The van der Waals surface area contributed by atoms with Crippen LogP contribution in [0.5, 0.6) is 5.75 Å². The lowest BCUT2D eigenvalue weighted by molar-refractivity contribution is -0.162. The highest BCUT2D eigenvalue weighted by Gasteiger charge is 2.32. The molecule has 0 bridgehead atoms. The quantitative estimate of drug-likeness (QED) is 0.763. The number of carbonyl (C=O) groups excluding carboxylic acids is 2. The third-order valence-corrected chi connectivity index (χ3v) is 4.13. The first-order chi connectivity index (χ1) is 13.1. The van der Waals surface area contributed by atoms with Gasteiger partial charge in [-0.2, -0.15) is 5.26 Å². The Morgan fingerprint density at radius 3 is 2.37 bits per heavy atom. The molecule has 1 N–H and O–H groups in total. The molecule has 0 spiro atoms. The molecule has 0 heterocycles. The second-order valence-corrected chi connectivity index (χ2v) is 6.41. The molecular weight excluding hydrogens is 344 g/mol. The molecule has 27 heavy (non-hydrogen) atoms. The minimum Gasteiger partial charge on any atom is -0.479 e. The third kappa shape index (κ3) is 5.08. The second kappa shape index (κ2) is 8.37. The summed E-state index contributed by atoms with van der Waals surface area (Å²) in [6.07, 6.45) is -0.0390. The molecule has 0 aliphatic heterocycles. The van der Waals surface area contributed by atoms with Gasteiger partial charge in [-0.15, -0.1) is 0 Å². The van der Waals surface area contributed by atoms with Crippen LogP contribution >= 0.6 is 0 Å². The molecule has 1 amide bonds. The van der Waals surface area contributed by atoms with Crippen molar-refractivity contribution in [3.63, 3.8) is 0 Å². The van der Waals surface area contributed by atoms with Gasteiger partial charge < -0.3 is 14.8 Å². The summed E-state index contributed by atoms with van der Waals surface area (Å²) in [6.45, 7) is 1.56. The van der Waals surface area contributed by atoms with Crippen LogP contribution in [0, 0.1) is 11.3 Å². The summed E-state index contributed by atoms with van der Waals surface area (Å²) in [7, 11) is 0. The average molecular weight is 364 g/mol. The number of ether oxygens (including phenoxy) is 2. The standard InChI is InChI=1S/C21H20N2O4/c1-14(26-18-11-7-15(13-22)8-12-18)21(25)27-19(16-5-3-2-4-6-16)20(24)23-17-9-10-17/h2-8,11-12,14,17,19H,9-10H2,1H3,(H,23,24)/t14-,19+/m0/s1. The average Bonchev–Trinajstić information content (AvgIpc) is 3.51. The van der Waals surface area contributed by atoms with E-state index in [0.29, 0.717) is 16.9 Å². The smallest absolute Gasteiger partial charge is 0.348 e. The Balaban J connectivity index is 1.67. The molecule has 6 heteroatoms. The molecule has 3 rings (SSSR count). The summed E-state index contributed by atoms with van der Waals surface area (Å²) in [4.78, 5) is 25.0. The Hall–Kier alpha value is -3.33. The number of esters is 1. The van der Waals surface area contributed by atoms with Crippen molar-refractivity contribution in [2.75, 3.05) is 0 Å². The maximum Gasteiger partial charge on any atom is 0.348 e. The maximum atomic E-state index is 12.5. The molecule has 1 fully saturated rings. The summed E-state index contributed by atoms with van der Waals surface area (Å²) in [5, 5.41) is 11.7. The molecule has 2 aromatic rings. The fraction of sp³-hybridized carbons (Fsp3) is 0.286. The summed E-state index contributed by atoms with van der Waals surface area (Å²) in [5.41, 5.74) is 1.10. The summed E-state index contributed by atoms with van der Waals surface area (Å²) in [6, 6.07) is 17.5. The minimum atomic E-state index is -1.02. The summed E-state index contributed by atoms with van der Waals surface area (Å²) >= 11 is 0. The van der Waals surface area contributed by atoms with Gasteiger partial charge >= 0.3 is 5.97 Å². The van der Waals surface area contributed by atoms with Gasteiger partial charge in [-0.3, -0.25) is 4.79 Å². The summed E-state index contributed by atoms with van der Waals surface area (Å²) < 4.78 is 11.0. The minimum absolute atomic E-state index is 0.162. The van der Waals surface area contributed by atoms with Crippen molar-refractivity contribution < 1.29 is 19.1 Å². The normalized spacial score (nSPS) is 15.1. The molecule has 1 aliphatic rings. The first-order valence-corrected chi connectivity index (χ1v) is 8.79. The number of nitriles is 1. The number of hydrogen-bond acceptors (Lipinski definition) is 5. The predicted octanol–water partition coefficient (Wildman–Crippen LogP) is 2.89. The zero-order valence-electron chi connectivity index (χ0n) is 14.9. The Labute approximate surface area is 157 Å². The number of carbonyl (C=O) groups is 2. The van der Waals surface area contributed by atoms with Crippen molar-refractivity contribution in [3.05, 3.63) is 65.7 Å². The largest absolute Gasteiger partial charge is 0.479 e. The van der Waals surface area contributed by atoms with Crippen molar-refractivity contribution in [1.82, 2.24) is 5.32 Å². The first-order valence-electron chi connectivity index (χ1n) is 8.79. The highest BCUT2D eigenvalue weighted by atomic mass is 16.6. The number of nitrogens with one attached hydrogen (secondary N) is 1. The first kappa shape index (κ1) is 18.5. The lowest BCUT2D eigenvalue weighted by atomic mass is 10.1. The highest BCUT2D eigenvalue weighted by molar-refractivity contribution is 5.86. The van der Waals surface area contributed by atoms with Gasteiger partial charge in [0.15, 0.2) is 6.10 Å². The van der Waals surface area contributed by atoms with Crippen LogP contribution in [-0.4, -0.2) is 24.0 Å². The van der Waals surface area contributed by atoms with Crippen LogP contribution in [0.25, 0.3) is 0 Å². The van der Waals surface area contributed by atoms with Crippen molar-refractivity contribution in [1.29, 1.82) is 5.26 Å². The summed E-state index contributed by atoms with van der Waals surface area (Å²) in [5.74, 6) is -0.529. The SMILES string of the molecule is C[C@H](Oc1ccc(C#N)cc1)C(=O)O[C@@H](C(=O)NC1CC1)c1ccccc1. The molecule has 1 saturated carbocycles. The molecule has 0 aromatic heterocycles. The monoisotopic (exact) mass is 364 g/mol. The lowest BCUT2D eigenvalue weighted by Gasteiger charge is -2.20. The zero-order chi connectivity index (χ0) is 19.2. The Bertz CT molecular complexity index is 839. The van der Waals surface area contributed by atoms with Crippen LogP contribution in [0.1, 0.15) is 37.0 Å². The molecule has 0 radical (unpaired) electrons. The number of benzene rings is 2. The topological polar surface area (TPSA) is 88.4 Å². The van der Waals surface area contributed by atoms with E-state index in [2.05, 4.69) is 5.32 Å². The fourth-order valence-corrected chi connectivity index (χ4v) is 2.48. The van der Waals surface area contributed by atoms with E-state index in [1.165, 1.54) is 0 Å². The lowest BCUT2D eigenvalue weighted by Crippen LogP contribution is -2.36. The van der Waals surface area contributed by atoms with Gasteiger partial charge in [-0.1, -0.05) is 30.3 Å². The van der Waals surface area contributed by atoms with E-state index in [-0.39, 0.29) is 11.9 Å². The number of rotatable bonds is 7. The second-order valence-electron chi connectivity index (χ2n) is 6.41. The van der Waals surface area contributed by atoms with Gasteiger partial charge in [-0.05, 0) is 44.0 Å². The molecule has 2 aromatic carbocycles. The van der Waals surface area contributed by atoms with Crippen LogP contribution in [0.15, 0.2) is 54.6 Å². The number of hydrogen-bond donors (Lipinski definition) is 1. The van der Waals surface area contributed by atoms with E-state index in [1.54, 1.807) is 55.5 Å². The van der Waals surface area contributed by atoms with E-state index in [0.717, 1.165) is 12.8 Å².